The summed E-state index contributed by atoms with van der Waals surface area (Å²) in [6.07, 6.45) is 0. The molecule has 6 heteroatoms. The zero-order valence-corrected chi connectivity index (χ0v) is 12.9. The lowest BCUT2D eigenvalue weighted by atomic mass is 10.1. The summed E-state index contributed by atoms with van der Waals surface area (Å²) in [5, 5.41) is 7.67. The fraction of sp³-hybridized carbons (Fsp3) is 0.176. The summed E-state index contributed by atoms with van der Waals surface area (Å²) < 4.78 is 0. The minimum Gasteiger partial charge on any atom is -0.308 e. The number of hydrazine groups is 1. The van der Waals surface area contributed by atoms with E-state index in [1.165, 1.54) is 0 Å². The lowest BCUT2D eigenvalue weighted by Gasteiger charge is -2.25. The summed E-state index contributed by atoms with van der Waals surface area (Å²) >= 11 is 0. The van der Waals surface area contributed by atoms with Crippen molar-refractivity contribution in [3.8, 4) is 0 Å². The van der Waals surface area contributed by atoms with Gasteiger partial charge in [0.05, 0.1) is 12.2 Å². The monoisotopic (exact) mass is 309 g/mol. The topological polar surface area (TPSA) is 68.8 Å². The molecule has 1 aliphatic heterocycles. The quantitative estimate of drug-likeness (QED) is 0.816. The van der Waals surface area contributed by atoms with Crippen LogP contribution in [0.2, 0.25) is 0 Å². The second-order valence-corrected chi connectivity index (χ2v) is 5.25. The van der Waals surface area contributed by atoms with Gasteiger partial charge in [-0.15, -0.1) is 0 Å². The van der Waals surface area contributed by atoms with Gasteiger partial charge in [-0.3, -0.25) is 4.99 Å². The molecular weight excluding hydrogens is 290 g/mol. The number of rotatable bonds is 3. The molecule has 118 valence electrons. The summed E-state index contributed by atoms with van der Waals surface area (Å²) in [4.78, 5) is 16.7. The van der Waals surface area contributed by atoms with E-state index in [-0.39, 0.29) is 6.03 Å². The van der Waals surface area contributed by atoms with Gasteiger partial charge in [0.15, 0.2) is 0 Å². The second kappa shape index (κ2) is 6.93. The Morgan fingerprint density at radius 1 is 1.09 bits per heavy atom. The fourth-order valence-corrected chi connectivity index (χ4v) is 2.33. The second-order valence-electron chi connectivity index (χ2n) is 5.25. The van der Waals surface area contributed by atoms with Crippen molar-refractivity contribution >= 4 is 23.2 Å². The largest absolute Gasteiger partial charge is 0.323 e. The third-order valence-corrected chi connectivity index (χ3v) is 3.46. The summed E-state index contributed by atoms with van der Waals surface area (Å²) in [5.74, 6) is 0.759. The minimum atomic E-state index is -0.284. The number of urea groups is 1. The van der Waals surface area contributed by atoms with Crippen LogP contribution >= 0.6 is 0 Å². The first-order valence-electron chi connectivity index (χ1n) is 7.47. The molecule has 0 bridgehead atoms. The van der Waals surface area contributed by atoms with Crippen LogP contribution < -0.4 is 16.1 Å². The molecule has 0 saturated heterocycles. The number of aliphatic imine (C=N–C) groups is 1. The van der Waals surface area contributed by atoms with Crippen molar-refractivity contribution in [1.82, 2.24) is 10.4 Å². The normalized spacial score (nSPS) is 14.6. The van der Waals surface area contributed by atoms with Gasteiger partial charge in [0.1, 0.15) is 5.84 Å². The maximum atomic E-state index is 12.2. The van der Waals surface area contributed by atoms with Gasteiger partial charge in [-0.1, -0.05) is 30.3 Å². The van der Waals surface area contributed by atoms with E-state index < -0.39 is 0 Å². The van der Waals surface area contributed by atoms with Crippen LogP contribution in [-0.4, -0.2) is 37.0 Å². The predicted octanol–water partition coefficient (Wildman–Crippen LogP) is 2.53. The molecule has 2 amide bonds. The fourth-order valence-electron chi connectivity index (χ4n) is 2.33. The van der Waals surface area contributed by atoms with Gasteiger partial charge in [-0.05, 0) is 24.3 Å². The average molecular weight is 309 g/mol. The number of nitrogens with one attached hydrogen (secondary N) is 3. The van der Waals surface area contributed by atoms with Crippen LogP contribution in [0.5, 0.6) is 0 Å². The highest BCUT2D eigenvalue weighted by Gasteiger charge is 2.15. The van der Waals surface area contributed by atoms with Crippen LogP contribution in [0.15, 0.2) is 59.6 Å². The van der Waals surface area contributed by atoms with Gasteiger partial charge in [0.25, 0.3) is 0 Å². The summed E-state index contributed by atoms with van der Waals surface area (Å²) in [6, 6.07) is 16.7. The van der Waals surface area contributed by atoms with E-state index in [0.717, 1.165) is 30.2 Å². The van der Waals surface area contributed by atoms with Crippen molar-refractivity contribution in [3.63, 3.8) is 0 Å². The first-order valence-corrected chi connectivity index (χ1v) is 7.47. The summed E-state index contributed by atoms with van der Waals surface area (Å²) in [5.41, 5.74) is 5.53. The third-order valence-electron chi connectivity index (χ3n) is 3.46. The Balaban J connectivity index is 1.75. The molecular formula is C17H19N5O. The number of hydrogen-bond donors (Lipinski definition) is 3. The lowest BCUT2D eigenvalue weighted by Crippen LogP contribution is -2.45. The standard InChI is InChI=1S/C17H19N5O/c1-22-12-11-18-16(21-22)14-9-5-6-10-15(14)20-17(23)19-13-7-3-2-4-8-13/h2-10H,11-12H2,1H3,(H,18,21)(H2,19,20,23). The van der Waals surface area contributed by atoms with Crippen LogP contribution in [0.4, 0.5) is 16.2 Å². The average Bonchev–Trinajstić information content (AvgIpc) is 2.56. The first kappa shape index (κ1) is 15.1. The number of hydrogen-bond acceptors (Lipinski definition) is 4. The van der Waals surface area contributed by atoms with Gasteiger partial charge in [-0.25, -0.2) is 9.80 Å². The number of anilines is 2. The SMILES string of the molecule is CN1CCN=C(c2ccccc2NC(=O)Nc2ccccc2)N1. The Hall–Kier alpha value is -2.86. The molecule has 0 spiro atoms. The number of likely N-dealkylation sites (N-methyl/N-ethyl adjacent to an activating group) is 1. The predicted molar refractivity (Wildman–Crippen MR) is 92.7 cm³/mol. The maximum absolute atomic E-state index is 12.2. The Labute approximate surface area is 135 Å². The van der Waals surface area contributed by atoms with E-state index in [0.29, 0.717) is 5.69 Å². The summed E-state index contributed by atoms with van der Waals surface area (Å²) in [6.45, 7) is 1.58. The first-order chi connectivity index (χ1) is 11.2. The van der Waals surface area contributed by atoms with Crippen LogP contribution in [0.25, 0.3) is 0 Å². The molecule has 0 radical (unpaired) electrons. The van der Waals surface area contributed by atoms with Crippen molar-refractivity contribution in [1.29, 1.82) is 0 Å². The number of carbonyl (C=O) groups is 1. The Kier molecular flexibility index (Phi) is 4.54. The molecule has 1 heterocycles. The van der Waals surface area contributed by atoms with Crippen molar-refractivity contribution in [2.45, 2.75) is 0 Å². The van der Waals surface area contributed by atoms with Crippen LogP contribution in [0.1, 0.15) is 5.56 Å². The number of carbonyl (C=O) groups excluding carboxylic acids is 1. The van der Waals surface area contributed by atoms with Gasteiger partial charge in [0, 0.05) is 24.8 Å². The smallest absolute Gasteiger partial charge is 0.308 e. The van der Waals surface area contributed by atoms with Crippen molar-refractivity contribution in [2.24, 2.45) is 4.99 Å². The molecule has 0 fully saturated rings. The van der Waals surface area contributed by atoms with Crippen LogP contribution in [-0.2, 0) is 0 Å². The van der Waals surface area contributed by atoms with Gasteiger partial charge in [0.2, 0.25) is 0 Å². The van der Waals surface area contributed by atoms with Crippen LogP contribution in [0, 0.1) is 0 Å². The maximum Gasteiger partial charge on any atom is 0.323 e. The molecule has 0 atom stereocenters. The van der Waals surface area contributed by atoms with Crippen LogP contribution in [0.3, 0.4) is 0 Å². The zero-order valence-electron chi connectivity index (χ0n) is 12.9. The van der Waals surface area contributed by atoms with Gasteiger partial charge < -0.3 is 16.1 Å². The van der Waals surface area contributed by atoms with Crippen molar-refractivity contribution in [2.75, 3.05) is 30.8 Å². The molecule has 23 heavy (non-hydrogen) atoms. The summed E-state index contributed by atoms with van der Waals surface area (Å²) in [7, 11) is 1.97. The van der Waals surface area contributed by atoms with E-state index in [1.807, 2.05) is 66.7 Å². The van der Waals surface area contributed by atoms with Crippen molar-refractivity contribution < 1.29 is 4.79 Å². The minimum absolute atomic E-state index is 0.284. The molecule has 0 aliphatic carbocycles. The Morgan fingerprint density at radius 3 is 2.61 bits per heavy atom. The molecule has 0 unspecified atom stereocenters. The molecule has 0 saturated carbocycles. The highest BCUT2D eigenvalue weighted by Crippen LogP contribution is 2.17. The zero-order chi connectivity index (χ0) is 16.1. The molecule has 6 nitrogen and oxygen atoms in total. The van der Waals surface area contributed by atoms with E-state index >= 15 is 0 Å². The number of amidine groups is 1. The Morgan fingerprint density at radius 2 is 1.83 bits per heavy atom. The highest BCUT2D eigenvalue weighted by molar-refractivity contribution is 6.08. The van der Waals surface area contributed by atoms with E-state index in [4.69, 9.17) is 0 Å². The number of para-hydroxylation sites is 2. The van der Waals surface area contributed by atoms with Gasteiger partial charge >= 0.3 is 6.03 Å². The molecule has 3 N–H and O–H groups in total. The number of amides is 2. The molecule has 2 aromatic carbocycles. The van der Waals surface area contributed by atoms with E-state index in [2.05, 4.69) is 21.1 Å². The lowest BCUT2D eigenvalue weighted by molar-refractivity contribution is 0.262. The number of benzene rings is 2. The highest BCUT2D eigenvalue weighted by atomic mass is 16.2. The number of nitrogens with zero attached hydrogens (tertiary/aromatic N) is 2. The molecule has 0 aromatic heterocycles. The molecule has 1 aliphatic rings. The van der Waals surface area contributed by atoms with Crippen molar-refractivity contribution in [3.05, 3.63) is 60.2 Å². The molecule has 3 rings (SSSR count). The van der Waals surface area contributed by atoms with Gasteiger partial charge in [-0.2, -0.15) is 0 Å². The molecule has 2 aromatic rings. The van der Waals surface area contributed by atoms with E-state index in [9.17, 15) is 4.79 Å². The Bertz CT molecular complexity index is 714. The van der Waals surface area contributed by atoms with E-state index in [1.54, 1.807) is 0 Å². The third kappa shape index (κ3) is 3.87.